The van der Waals surface area contributed by atoms with Gasteiger partial charge >= 0.3 is 0 Å². The Labute approximate surface area is 126 Å². The van der Waals surface area contributed by atoms with E-state index in [0.29, 0.717) is 12.5 Å². The summed E-state index contributed by atoms with van der Waals surface area (Å²) in [5, 5.41) is 11.0. The Morgan fingerprint density at radius 2 is 2.14 bits per heavy atom. The first-order chi connectivity index (χ1) is 10.0. The lowest BCUT2D eigenvalue weighted by molar-refractivity contribution is -0.0370. The molecule has 1 aliphatic heterocycles. The van der Waals surface area contributed by atoms with E-state index in [2.05, 4.69) is 36.4 Å². The normalized spacial score (nSPS) is 27.3. The molecule has 3 rings (SSSR count). The molecule has 21 heavy (non-hydrogen) atoms. The van der Waals surface area contributed by atoms with Gasteiger partial charge in [-0.2, -0.15) is 0 Å². The minimum absolute atomic E-state index is 0.420. The Morgan fingerprint density at radius 1 is 1.38 bits per heavy atom. The molecule has 4 nitrogen and oxygen atoms in total. The van der Waals surface area contributed by atoms with Gasteiger partial charge in [-0.25, -0.2) is 4.98 Å². The monoisotopic (exact) mass is 287 g/mol. The van der Waals surface area contributed by atoms with Crippen LogP contribution in [-0.2, 0) is 13.0 Å². The van der Waals surface area contributed by atoms with Gasteiger partial charge in [-0.15, -0.1) is 0 Å². The summed E-state index contributed by atoms with van der Waals surface area (Å²) in [6.45, 7) is 6.16. The van der Waals surface area contributed by atoms with Gasteiger partial charge in [0.25, 0.3) is 0 Å². The standard InChI is InChI=1S/C17H25N3O/c1-4-20-15-8-6-5-7-14(15)18-16(20)12-17(21)9-10-19(3)13(2)11-17/h5-8,13,21H,4,9-12H2,1-3H3. The predicted octanol–water partition coefficient (Wildman–Crippen LogP) is 2.44. The molecule has 1 aliphatic rings. The summed E-state index contributed by atoms with van der Waals surface area (Å²) in [5.74, 6) is 1.01. The number of para-hydroxylation sites is 2. The summed E-state index contributed by atoms with van der Waals surface area (Å²) in [6.07, 6.45) is 2.28. The van der Waals surface area contributed by atoms with Crippen molar-refractivity contribution in [3.8, 4) is 0 Å². The second-order valence-corrected chi connectivity index (χ2v) is 6.45. The Kier molecular flexibility index (Phi) is 3.76. The fraction of sp³-hybridized carbons (Fsp3) is 0.588. The van der Waals surface area contributed by atoms with E-state index in [1.54, 1.807) is 0 Å². The van der Waals surface area contributed by atoms with E-state index in [9.17, 15) is 5.11 Å². The number of hydrogen-bond acceptors (Lipinski definition) is 3. The molecule has 1 saturated heterocycles. The van der Waals surface area contributed by atoms with E-state index in [1.165, 1.54) is 5.52 Å². The molecule has 0 amide bonds. The van der Waals surface area contributed by atoms with Crippen LogP contribution in [0, 0.1) is 0 Å². The van der Waals surface area contributed by atoms with E-state index in [-0.39, 0.29) is 0 Å². The van der Waals surface area contributed by atoms with Crippen LogP contribution in [0.15, 0.2) is 24.3 Å². The largest absolute Gasteiger partial charge is 0.389 e. The smallest absolute Gasteiger partial charge is 0.112 e. The lowest BCUT2D eigenvalue weighted by Crippen LogP contribution is -2.49. The number of fused-ring (bicyclic) bond motifs is 1. The van der Waals surface area contributed by atoms with Gasteiger partial charge in [-0.3, -0.25) is 0 Å². The van der Waals surface area contributed by atoms with Crippen LogP contribution in [0.4, 0.5) is 0 Å². The number of rotatable bonds is 3. The van der Waals surface area contributed by atoms with Crippen molar-refractivity contribution in [1.82, 2.24) is 14.5 Å². The number of piperidine rings is 1. The van der Waals surface area contributed by atoms with Gasteiger partial charge in [0, 0.05) is 25.6 Å². The van der Waals surface area contributed by atoms with E-state index in [1.807, 2.05) is 18.2 Å². The fourth-order valence-corrected chi connectivity index (χ4v) is 3.48. The molecule has 0 spiro atoms. The van der Waals surface area contributed by atoms with Crippen molar-refractivity contribution in [3.63, 3.8) is 0 Å². The molecule has 0 radical (unpaired) electrons. The predicted molar refractivity (Wildman–Crippen MR) is 85.4 cm³/mol. The number of benzene rings is 1. The van der Waals surface area contributed by atoms with Gasteiger partial charge in [0.15, 0.2) is 0 Å². The maximum atomic E-state index is 11.0. The van der Waals surface area contributed by atoms with Crippen LogP contribution in [0.3, 0.4) is 0 Å². The van der Waals surface area contributed by atoms with E-state index < -0.39 is 5.60 Å². The van der Waals surface area contributed by atoms with Crippen molar-refractivity contribution >= 4 is 11.0 Å². The number of hydrogen-bond donors (Lipinski definition) is 1. The lowest BCUT2D eigenvalue weighted by Gasteiger charge is -2.41. The van der Waals surface area contributed by atoms with Crippen molar-refractivity contribution in [3.05, 3.63) is 30.1 Å². The van der Waals surface area contributed by atoms with Crippen molar-refractivity contribution in [2.24, 2.45) is 0 Å². The molecule has 1 N–H and O–H groups in total. The number of aromatic nitrogens is 2. The van der Waals surface area contributed by atoms with E-state index in [0.717, 1.165) is 37.3 Å². The van der Waals surface area contributed by atoms with Crippen LogP contribution in [0.25, 0.3) is 11.0 Å². The van der Waals surface area contributed by atoms with Crippen molar-refractivity contribution in [1.29, 1.82) is 0 Å². The molecule has 0 saturated carbocycles. The van der Waals surface area contributed by atoms with Crippen molar-refractivity contribution in [2.75, 3.05) is 13.6 Å². The minimum Gasteiger partial charge on any atom is -0.389 e. The fourth-order valence-electron chi connectivity index (χ4n) is 3.48. The maximum Gasteiger partial charge on any atom is 0.112 e. The highest BCUT2D eigenvalue weighted by atomic mass is 16.3. The zero-order valence-corrected chi connectivity index (χ0v) is 13.2. The molecule has 114 valence electrons. The highest BCUT2D eigenvalue weighted by Gasteiger charge is 2.36. The molecule has 2 atom stereocenters. The van der Waals surface area contributed by atoms with Gasteiger partial charge in [0.1, 0.15) is 5.82 Å². The third kappa shape index (κ3) is 2.70. The zero-order chi connectivity index (χ0) is 15.0. The second-order valence-electron chi connectivity index (χ2n) is 6.45. The number of imidazole rings is 1. The average molecular weight is 287 g/mol. The van der Waals surface area contributed by atoms with Crippen LogP contribution in [0.1, 0.15) is 32.5 Å². The van der Waals surface area contributed by atoms with Crippen LogP contribution >= 0.6 is 0 Å². The minimum atomic E-state index is -0.625. The summed E-state index contributed by atoms with van der Waals surface area (Å²) in [5.41, 5.74) is 1.57. The molecule has 1 aromatic heterocycles. The van der Waals surface area contributed by atoms with Gasteiger partial charge in [-0.1, -0.05) is 12.1 Å². The van der Waals surface area contributed by atoms with Crippen LogP contribution in [0.5, 0.6) is 0 Å². The number of aliphatic hydroxyl groups is 1. The van der Waals surface area contributed by atoms with Crippen LogP contribution < -0.4 is 0 Å². The van der Waals surface area contributed by atoms with Crippen LogP contribution in [-0.4, -0.2) is 44.8 Å². The molecule has 1 fully saturated rings. The lowest BCUT2D eigenvalue weighted by atomic mass is 9.84. The quantitative estimate of drug-likeness (QED) is 0.943. The highest BCUT2D eigenvalue weighted by Crippen LogP contribution is 2.30. The van der Waals surface area contributed by atoms with Crippen molar-refractivity contribution < 1.29 is 5.11 Å². The molecule has 2 unspecified atom stereocenters. The summed E-state index contributed by atoms with van der Waals surface area (Å²) in [7, 11) is 2.13. The van der Waals surface area contributed by atoms with Gasteiger partial charge in [-0.05, 0) is 45.9 Å². The molecular weight excluding hydrogens is 262 g/mol. The molecule has 2 heterocycles. The number of likely N-dealkylation sites (tertiary alicyclic amines) is 1. The summed E-state index contributed by atoms with van der Waals surface area (Å²) >= 11 is 0. The summed E-state index contributed by atoms with van der Waals surface area (Å²) in [4.78, 5) is 7.07. The molecule has 0 aliphatic carbocycles. The third-order valence-corrected chi connectivity index (χ3v) is 4.89. The first kappa shape index (κ1) is 14.5. The Bertz CT molecular complexity index is 636. The zero-order valence-electron chi connectivity index (χ0n) is 13.2. The summed E-state index contributed by atoms with van der Waals surface area (Å²) < 4.78 is 2.23. The molecule has 1 aromatic carbocycles. The van der Waals surface area contributed by atoms with E-state index in [4.69, 9.17) is 4.98 Å². The molecule has 0 bridgehead atoms. The van der Waals surface area contributed by atoms with Gasteiger partial charge in [0.2, 0.25) is 0 Å². The number of nitrogens with zero attached hydrogens (tertiary/aromatic N) is 3. The highest BCUT2D eigenvalue weighted by molar-refractivity contribution is 5.75. The van der Waals surface area contributed by atoms with Gasteiger partial charge < -0.3 is 14.6 Å². The molecule has 4 heteroatoms. The molecule has 2 aromatic rings. The average Bonchev–Trinajstić information content (AvgIpc) is 2.80. The van der Waals surface area contributed by atoms with Crippen molar-refractivity contribution in [2.45, 2.75) is 51.3 Å². The second kappa shape index (κ2) is 5.43. The first-order valence-electron chi connectivity index (χ1n) is 7.89. The number of aryl methyl sites for hydroxylation is 1. The Balaban J connectivity index is 1.91. The maximum absolute atomic E-state index is 11.0. The third-order valence-electron chi connectivity index (χ3n) is 4.89. The summed E-state index contributed by atoms with van der Waals surface area (Å²) in [6, 6.07) is 8.64. The SMILES string of the molecule is CCn1c(CC2(O)CCN(C)C(C)C2)nc2ccccc21. The topological polar surface area (TPSA) is 41.3 Å². The van der Waals surface area contributed by atoms with Gasteiger partial charge in [0.05, 0.1) is 16.6 Å². The first-order valence-corrected chi connectivity index (χ1v) is 7.89. The molecular formula is C17H25N3O. The Hall–Kier alpha value is -1.39. The van der Waals surface area contributed by atoms with Crippen LogP contribution in [0.2, 0.25) is 0 Å². The van der Waals surface area contributed by atoms with E-state index >= 15 is 0 Å². The Morgan fingerprint density at radius 3 is 2.86 bits per heavy atom.